The molecule has 0 amide bonds. The van der Waals surface area contributed by atoms with E-state index in [1.54, 1.807) is 47.6 Å². The van der Waals surface area contributed by atoms with Crippen molar-refractivity contribution in [2.24, 2.45) is 4.99 Å². The number of anilines is 1. The van der Waals surface area contributed by atoms with Gasteiger partial charge in [0, 0.05) is 24.7 Å². The zero-order valence-electron chi connectivity index (χ0n) is 14.1. The van der Waals surface area contributed by atoms with Gasteiger partial charge in [-0.3, -0.25) is 9.39 Å². The van der Waals surface area contributed by atoms with Crippen molar-refractivity contribution in [3.05, 3.63) is 66.4 Å². The lowest BCUT2D eigenvalue weighted by atomic mass is 10.2. The topological polar surface area (TPSA) is 55.0 Å². The molecule has 4 heterocycles. The van der Waals surface area contributed by atoms with Gasteiger partial charge < -0.3 is 9.64 Å². The van der Waals surface area contributed by atoms with Crippen molar-refractivity contribution in [3.8, 4) is 5.88 Å². The molecule has 4 rings (SSSR count). The number of hydrogen-bond donors (Lipinski definition) is 0. The fourth-order valence-corrected chi connectivity index (χ4v) is 2.96. The molecule has 0 N–H and O–H groups in total. The highest BCUT2D eigenvalue weighted by molar-refractivity contribution is 5.75. The van der Waals surface area contributed by atoms with Crippen LogP contribution in [0.1, 0.15) is 17.6 Å². The number of fused-ring (bicyclic) bond motifs is 1. The van der Waals surface area contributed by atoms with E-state index in [0.29, 0.717) is 11.6 Å². The number of methoxy groups -OCH3 is 1. The number of nitrogens with zero attached hydrogens (tertiary/aromatic N) is 5. The average Bonchev–Trinajstić information content (AvgIpc) is 3.08. The molecule has 27 heavy (non-hydrogen) atoms. The lowest BCUT2D eigenvalue weighted by molar-refractivity contribution is -0.141. The van der Waals surface area contributed by atoms with Crippen molar-refractivity contribution >= 4 is 17.5 Å². The van der Waals surface area contributed by atoms with Gasteiger partial charge in [0.15, 0.2) is 11.9 Å². The van der Waals surface area contributed by atoms with Crippen LogP contribution < -0.4 is 9.64 Å². The number of halogens is 3. The molecular formula is C18H14F3N5O. The van der Waals surface area contributed by atoms with Crippen LogP contribution in [0.2, 0.25) is 0 Å². The Hall–Kier alpha value is -3.36. The van der Waals surface area contributed by atoms with Crippen LogP contribution in [0.3, 0.4) is 0 Å². The van der Waals surface area contributed by atoms with Crippen LogP contribution in [0.25, 0.3) is 5.65 Å². The number of imidazole rings is 1. The summed E-state index contributed by atoms with van der Waals surface area (Å²) < 4.78 is 47.5. The Labute approximate surface area is 152 Å². The molecule has 0 aromatic carbocycles. The number of pyridine rings is 2. The smallest absolute Gasteiger partial charge is 0.435 e. The van der Waals surface area contributed by atoms with E-state index in [4.69, 9.17) is 4.74 Å². The first-order valence-electron chi connectivity index (χ1n) is 8.01. The predicted molar refractivity (Wildman–Crippen MR) is 93.8 cm³/mol. The molecule has 1 atom stereocenters. The number of hydrogen-bond acceptors (Lipinski definition) is 5. The molecule has 0 saturated carbocycles. The number of alkyl halides is 3. The maximum atomic E-state index is 13.7. The Kier molecular flexibility index (Phi) is 4.06. The Morgan fingerprint density at radius 3 is 2.70 bits per heavy atom. The molecule has 138 valence electrons. The molecule has 0 radical (unpaired) electrons. The minimum Gasteiger partial charge on any atom is -0.481 e. The van der Waals surface area contributed by atoms with Crippen molar-refractivity contribution in [3.63, 3.8) is 0 Å². The summed E-state index contributed by atoms with van der Waals surface area (Å²) in [7, 11) is 1.49. The summed E-state index contributed by atoms with van der Waals surface area (Å²) in [5, 5.41) is 0. The van der Waals surface area contributed by atoms with Gasteiger partial charge in [-0.15, -0.1) is 0 Å². The monoisotopic (exact) mass is 373 g/mol. The molecule has 0 bridgehead atoms. The Morgan fingerprint density at radius 1 is 1.15 bits per heavy atom. The Bertz CT molecular complexity index is 1020. The minimum atomic E-state index is -4.61. The molecule has 0 spiro atoms. The number of rotatable bonds is 3. The Morgan fingerprint density at radius 2 is 2.00 bits per heavy atom. The predicted octanol–water partition coefficient (Wildman–Crippen LogP) is 3.86. The fourth-order valence-electron chi connectivity index (χ4n) is 2.96. The quantitative estimate of drug-likeness (QED) is 0.700. The van der Waals surface area contributed by atoms with E-state index >= 15 is 0 Å². The van der Waals surface area contributed by atoms with Crippen LogP contribution in [0.4, 0.5) is 18.9 Å². The van der Waals surface area contributed by atoms with Gasteiger partial charge in [0.05, 0.1) is 19.0 Å². The zero-order valence-corrected chi connectivity index (χ0v) is 14.1. The van der Waals surface area contributed by atoms with E-state index in [1.807, 2.05) is 0 Å². The molecular weight excluding hydrogens is 359 g/mol. The lowest BCUT2D eigenvalue weighted by Crippen LogP contribution is -2.27. The standard InChI is InChI=1S/C18H14F3N5O/c1-27-14-7-6-12(11-23-14)25-10-4-8-22-17(25)15-16(18(19,20)21)24-13-5-2-3-9-26(13)15/h2-11,17H,1H3. The van der Waals surface area contributed by atoms with Gasteiger partial charge in [-0.1, -0.05) is 6.07 Å². The normalized spacial score (nSPS) is 16.9. The molecule has 1 aliphatic heterocycles. The van der Waals surface area contributed by atoms with Crippen molar-refractivity contribution < 1.29 is 17.9 Å². The number of ether oxygens (including phenoxy) is 1. The maximum absolute atomic E-state index is 13.7. The fraction of sp³-hybridized carbons (Fsp3) is 0.167. The van der Waals surface area contributed by atoms with Gasteiger partial charge in [-0.25, -0.2) is 9.97 Å². The summed E-state index contributed by atoms with van der Waals surface area (Å²) >= 11 is 0. The SMILES string of the molecule is COc1ccc(N2C=CC=NC2c2c(C(F)(F)F)nc3ccccn23)cn1. The van der Waals surface area contributed by atoms with Crippen LogP contribution >= 0.6 is 0 Å². The van der Waals surface area contributed by atoms with Gasteiger partial charge in [-0.2, -0.15) is 13.2 Å². The summed E-state index contributed by atoms with van der Waals surface area (Å²) in [6, 6.07) is 8.17. The first-order valence-corrected chi connectivity index (χ1v) is 8.01. The van der Waals surface area contributed by atoms with Gasteiger partial charge in [-0.05, 0) is 24.3 Å². The molecule has 0 aliphatic carbocycles. The summed E-state index contributed by atoms with van der Waals surface area (Å²) in [6.07, 6.45) is 2.29. The Balaban J connectivity index is 1.87. The third-order valence-electron chi connectivity index (χ3n) is 4.13. The van der Waals surface area contributed by atoms with Crippen LogP contribution in [-0.2, 0) is 6.18 Å². The second-order valence-electron chi connectivity index (χ2n) is 5.75. The molecule has 3 aromatic rings. The zero-order chi connectivity index (χ0) is 19.0. The summed E-state index contributed by atoms with van der Waals surface area (Å²) in [4.78, 5) is 13.8. The van der Waals surface area contributed by atoms with Crippen molar-refractivity contribution in [2.75, 3.05) is 12.0 Å². The van der Waals surface area contributed by atoms with Crippen molar-refractivity contribution in [1.82, 2.24) is 14.4 Å². The van der Waals surface area contributed by atoms with Crippen molar-refractivity contribution in [1.29, 1.82) is 0 Å². The third kappa shape index (κ3) is 3.01. The first-order chi connectivity index (χ1) is 13.0. The van der Waals surface area contributed by atoms with Crippen molar-refractivity contribution in [2.45, 2.75) is 12.3 Å². The van der Waals surface area contributed by atoms with Gasteiger partial charge in [0.25, 0.3) is 0 Å². The van der Waals surface area contributed by atoms with Crippen LogP contribution in [-0.4, -0.2) is 27.7 Å². The average molecular weight is 373 g/mol. The second-order valence-corrected chi connectivity index (χ2v) is 5.75. The van der Waals surface area contributed by atoms with Crippen LogP contribution in [0, 0.1) is 0 Å². The number of allylic oxidation sites excluding steroid dienone is 1. The van der Waals surface area contributed by atoms with E-state index in [0.717, 1.165) is 0 Å². The maximum Gasteiger partial charge on any atom is 0.435 e. The molecule has 1 unspecified atom stereocenters. The summed E-state index contributed by atoms with van der Waals surface area (Å²) in [6.45, 7) is 0. The van der Waals surface area contributed by atoms with E-state index in [2.05, 4.69) is 15.0 Å². The molecule has 6 nitrogen and oxygen atoms in total. The van der Waals surface area contributed by atoms with Crippen LogP contribution in [0.15, 0.2) is 60.0 Å². The highest BCUT2D eigenvalue weighted by Crippen LogP contribution is 2.39. The highest BCUT2D eigenvalue weighted by Gasteiger charge is 2.41. The van der Waals surface area contributed by atoms with Crippen LogP contribution in [0.5, 0.6) is 5.88 Å². The highest BCUT2D eigenvalue weighted by atomic mass is 19.4. The van der Waals surface area contributed by atoms with Gasteiger partial charge in [0.1, 0.15) is 11.3 Å². The number of aliphatic imine (C=N–C) groups is 1. The van der Waals surface area contributed by atoms with E-state index in [9.17, 15) is 13.2 Å². The van der Waals surface area contributed by atoms with E-state index in [-0.39, 0.29) is 11.3 Å². The largest absolute Gasteiger partial charge is 0.481 e. The van der Waals surface area contributed by atoms with Gasteiger partial charge >= 0.3 is 6.18 Å². The van der Waals surface area contributed by atoms with E-state index < -0.39 is 18.0 Å². The molecule has 9 heteroatoms. The molecule has 0 saturated heterocycles. The van der Waals surface area contributed by atoms with E-state index in [1.165, 1.54) is 30.0 Å². The molecule has 1 aliphatic rings. The first kappa shape index (κ1) is 17.1. The lowest BCUT2D eigenvalue weighted by Gasteiger charge is -2.30. The second kappa shape index (κ2) is 6.42. The summed E-state index contributed by atoms with van der Waals surface area (Å²) in [5.74, 6) is 0.408. The molecule has 0 fully saturated rings. The van der Waals surface area contributed by atoms with Gasteiger partial charge in [0.2, 0.25) is 5.88 Å². The molecule has 3 aromatic heterocycles. The number of aromatic nitrogens is 3. The summed E-state index contributed by atoms with van der Waals surface area (Å²) in [5.41, 5.74) is -0.238. The minimum absolute atomic E-state index is 0.0606. The third-order valence-corrected chi connectivity index (χ3v) is 4.13.